The summed E-state index contributed by atoms with van der Waals surface area (Å²) >= 11 is 0. The summed E-state index contributed by atoms with van der Waals surface area (Å²) in [7, 11) is 0. The third-order valence-electron chi connectivity index (χ3n) is 3.53. The molecule has 6 heteroatoms. The summed E-state index contributed by atoms with van der Waals surface area (Å²) in [5.41, 5.74) is 5.19. The molecule has 1 aliphatic rings. The normalized spacial score (nSPS) is 19.8. The molecule has 0 radical (unpaired) electrons. The molecule has 0 aromatic rings. The van der Waals surface area contributed by atoms with Gasteiger partial charge in [-0.1, -0.05) is 34.1 Å². The molecule has 0 aliphatic carbocycles. The van der Waals surface area contributed by atoms with Crippen LogP contribution in [0.15, 0.2) is 0 Å². The molecule has 1 rings (SSSR count). The van der Waals surface area contributed by atoms with Crippen LogP contribution in [0.25, 0.3) is 0 Å². The van der Waals surface area contributed by atoms with Gasteiger partial charge in [0, 0.05) is 13.0 Å². The molecule has 1 aliphatic heterocycles. The molecule has 0 aromatic carbocycles. The number of carbonyl (C=O) groups excluding carboxylic acids is 3. The second-order valence-electron chi connectivity index (χ2n) is 6.88. The van der Waals surface area contributed by atoms with Crippen molar-refractivity contribution in [3.63, 3.8) is 0 Å². The van der Waals surface area contributed by atoms with Crippen molar-refractivity contribution < 1.29 is 14.4 Å². The van der Waals surface area contributed by atoms with Crippen LogP contribution in [0.2, 0.25) is 0 Å². The molecule has 0 saturated carbocycles. The zero-order valence-corrected chi connectivity index (χ0v) is 13.5. The predicted octanol–water partition coefficient (Wildman–Crippen LogP) is 1.10. The van der Waals surface area contributed by atoms with E-state index in [1.54, 1.807) is 4.90 Å². The average Bonchev–Trinajstić information content (AvgIpc) is 2.34. The standard InChI is InChI=1S/C15H27N3O3/c1-5-6-7-17-10-18(13(20)9-15(2,3)4)11(14(16)21)8-12(17)19/h11H,5-10H2,1-4H3,(H2,16,21). The molecular formula is C15H27N3O3. The molecule has 0 spiro atoms. The maximum Gasteiger partial charge on any atom is 0.240 e. The lowest BCUT2D eigenvalue weighted by Gasteiger charge is -2.40. The van der Waals surface area contributed by atoms with E-state index in [9.17, 15) is 14.4 Å². The van der Waals surface area contributed by atoms with Crippen LogP contribution in [-0.4, -0.2) is 46.8 Å². The SMILES string of the molecule is CCCCN1CN(C(=O)CC(C)(C)C)C(C(N)=O)CC1=O. The zero-order valence-electron chi connectivity index (χ0n) is 13.5. The molecule has 0 bridgehead atoms. The Labute approximate surface area is 126 Å². The summed E-state index contributed by atoms with van der Waals surface area (Å²) in [6, 6.07) is -0.815. The first kappa shape index (κ1) is 17.5. The Kier molecular flexibility index (Phi) is 5.75. The zero-order chi connectivity index (χ0) is 16.2. The molecule has 1 atom stereocenters. The Bertz CT molecular complexity index is 415. The number of amides is 3. The predicted molar refractivity (Wildman–Crippen MR) is 80.0 cm³/mol. The summed E-state index contributed by atoms with van der Waals surface area (Å²) < 4.78 is 0. The van der Waals surface area contributed by atoms with E-state index in [1.165, 1.54) is 4.90 Å². The van der Waals surface area contributed by atoms with Gasteiger partial charge in [0.25, 0.3) is 0 Å². The lowest BCUT2D eigenvalue weighted by atomic mass is 9.91. The average molecular weight is 297 g/mol. The first-order chi connectivity index (χ1) is 9.65. The van der Waals surface area contributed by atoms with Crippen molar-refractivity contribution >= 4 is 17.7 Å². The van der Waals surface area contributed by atoms with Crippen LogP contribution in [0.5, 0.6) is 0 Å². The van der Waals surface area contributed by atoms with Crippen molar-refractivity contribution in [3.05, 3.63) is 0 Å². The van der Waals surface area contributed by atoms with Crippen molar-refractivity contribution in [2.24, 2.45) is 11.1 Å². The van der Waals surface area contributed by atoms with Crippen LogP contribution >= 0.6 is 0 Å². The van der Waals surface area contributed by atoms with Crippen molar-refractivity contribution in [1.82, 2.24) is 9.80 Å². The van der Waals surface area contributed by atoms with E-state index in [2.05, 4.69) is 0 Å². The maximum absolute atomic E-state index is 12.4. The fourth-order valence-corrected chi connectivity index (χ4v) is 2.37. The van der Waals surface area contributed by atoms with Gasteiger partial charge in [-0.3, -0.25) is 14.4 Å². The Morgan fingerprint density at radius 2 is 1.95 bits per heavy atom. The molecule has 3 amide bonds. The quantitative estimate of drug-likeness (QED) is 0.824. The second-order valence-corrected chi connectivity index (χ2v) is 6.88. The highest BCUT2D eigenvalue weighted by Gasteiger charge is 2.38. The smallest absolute Gasteiger partial charge is 0.240 e. The van der Waals surface area contributed by atoms with Crippen LogP contribution in [0.3, 0.4) is 0 Å². The molecule has 0 aromatic heterocycles. The third kappa shape index (κ3) is 5.02. The Morgan fingerprint density at radius 3 is 2.43 bits per heavy atom. The molecule has 1 unspecified atom stereocenters. The minimum atomic E-state index is -0.815. The van der Waals surface area contributed by atoms with Gasteiger partial charge in [0.1, 0.15) is 6.04 Å². The summed E-state index contributed by atoms with van der Waals surface area (Å²) in [5.74, 6) is -0.840. The molecule has 120 valence electrons. The maximum atomic E-state index is 12.4. The van der Waals surface area contributed by atoms with Gasteiger partial charge in [0.05, 0.1) is 13.1 Å². The van der Waals surface area contributed by atoms with Gasteiger partial charge in [-0.15, -0.1) is 0 Å². The molecule has 6 nitrogen and oxygen atoms in total. The van der Waals surface area contributed by atoms with Crippen LogP contribution in [-0.2, 0) is 14.4 Å². The van der Waals surface area contributed by atoms with Crippen LogP contribution < -0.4 is 5.73 Å². The third-order valence-corrected chi connectivity index (χ3v) is 3.53. The summed E-state index contributed by atoms with van der Waals surface area (Å²) in [6.45, 7) is 8.72. The Morgan fingerprint density at radius 1 is 1.33 bits per heavy atom. The molecular weight excluding hydrogens is 270 g/mol. The van der Waals surface area contributed by atoms with Crippen LogP contribution in [0, 0.1) is 5.41 Å². The van der Waals surface area contributed by atoms with E-state index >= 15 is 0 Å². The van der Waals surface area contributed by atoms with E-state index in [1.807, 2.05) is 27.7 Å². The summed E-state index contributed by atoms with van der Waals surface area (Å²) in [5, 5.41) is 0. The molecule has 1 heterocycles. The van der Waals surface area contributed by atoms with E-state index in [0.717, 1.165) is 12.8 Å². The lowest BCUT2D eigenvalue weighted by Crippen LogP contribution is -2.59. The lowest BCUT2D eigenvalue weighted by molar-refractivity contribution is -0.155. The van der Waals surface area contributed by atoms with Crippen molar-refractivity contribution in [2.75, 3.05) is 13.2 Å². The van der Waals surface area contributed by atoms with E-state index in [0.29, 0.717) is 13.0 Å². The van der Waals surface area contributed by atoms with Crippen molar-refractivity contribution in [1.29, 1.82) is 0 Å². The minimum absolute atomic E-state index is 0.00503. The highest BCUT2D eigenvalue weighted by Crippen LogP contribution is 2.23. The number of primary amides is 1. The van der Waals surface area contributed by atoms with E-state index < -0.39 is 11.9 Å². The molecule has 1 saturated heterocycles. The topological polar surface area (TPSA) is 83.7 Å². The van der Waals surface area contributed by atoms with Gasteiger partial charge in [0.2, 0.25) is 17.7 Å². The minimum Gasteiger partial charge on any atom is -0.368 e. The number of carbonyl (C=O) groups is 3. The van der Waals surface area contributed by atoms with Crippen molar-refractivity contribution in [2.45, 2.75) is 59.4 Å². The number of rotatable bonds is 5. The van der Waals surface area contributed by atoms with Gasteiger partial charge in [-0.25, -0.2) is 0 Å². The van der Waals surface area contributed by atoms with Gasteiger partial charge < -0.3 is 15.5 Å². The number of nitrogens with zero attached hydrogens (tertiary/aromatic N) is 2. The first-order valence-electron chi connectivity index (χ1n) is 7.52. The van der Waals surface area contributed by atoms with Crippen LogP contribution in [0.1, 0.15) is 53.4 Å². The highest BCUT2D eigenvalue weighted by atomic mass is 16.2. The van der Waals surface area contributed by atoms with Gasteiger partial charge >= 0.3 is 0 Å². The second kappa shape index (κ2) is 6.91. The summed E-state index contributed by atoms with van der Waals surface area (Å²) in [6.07, 6.45) is 2.18. The monoisotopic (exact) mass is 297 g/mol. The number of hydrogen-bond acceptors (Lipinski definition) is 3. The highest BCUT2D eigenvalue weighted by molar-refractivity contribution is 5.93. The Balaban J connectivity index is 2.86. The largest absolute Gasteiger partial charge is 0.368 e. The number of nitrogens with two attached hydrogens (primary N) is 1. The van der Waals surface area contributed by atoms with E-state index in [-0.39, 0.29) is 30.3 Å². The van der Waals surface area contributed by atoms with Gasteiger partial charge in [0.15, 0.2) is 0 Å². The van der Waals surface area contributed by atoms with Gasteiger partial charge in [-0.2, -0.15) is 0 Å². The first-order valence-corrected chi connectivity index (χ1v) is 7.52. The fourth-order valence-electron chi connectivity index (χ4n) is 2.37. The van der Waals surface area contributed by atoms with E-state index in [4.69, 9.17) is 5.73 Å². The molecule has 2 N–H and O–H groups in total. The fraction of sp³-hybridized carbons (Fsp3) is 0.800. The Hall–Kier alpha value is -1.59. The number of unbranched alkanes of at least 4 members (excludes halogenated alkanes) is 1. The molecule has 1 fully saturated rings. The summed E-state index contributed by atoms with van der Waals surface area (Å²) in [4.78, 5) is 39.1. The molecule has 21 heavy (non-hydrogen) atoms. The van der Waals surface area contributed by atoms with Crippen LogP contribution in [0.4, 0.5) is 0 Å². The van der Waals surface area contributed by atoms with Gasteiger partial charge in [-0.05, 0) is 11.8 Å². The number of hydrogen-bond donors (Lipinski definition) is 1. The van der Waals surface area contributed by atoms with Crippen molar-refractivity contribution in [3.8, 4) is 0 Å².